The normalized spacial score (nSPS) is 26.8. The van der Waals surface area contributed by atoms with Crippen molar-refractivity contribution in [1.82, 2.24) is 19.8 Å². The van der Waals surface area contributed by atoms with Crippen LogP contribution >= 0.6 is 0 Å². The van der Waals surface area contributed by atoms with E-state index >= 15 is 0 Å². The molecule has 4 rings (SSSR count). The quantitative estimate of drug-likeness (QED) is 0.919. The van der Waals surface area contributed by atoms with Crippen molar-refractivity contribution in [3.63, 3.8) is 0 Å². The van der Waals surface area contributed by atoms with Gasteiger partial charge in [-0.05, 0) is 31.7 Å². The molecular formula is C21H28N4O. The van der Waals surface area contributed by atoms with Gasteiger partial charge in [-0.15, -0.1) is 0 Å². The molecule has 1 aromatic heterocycles. The second kappa shape index (κ2) is 7.62. The summed E-state index contributed by atoms with van der Waals surface area (Å²) in [6.07, 6.45) is 8.84. The fraction of sp³-hybridized carbons (Fsp3) is 0.524. The van der Waals surface area contributed by atoms with E-state index in [1.165, 1.54) is 5.56 Å². The van der Waals surface area contributed by atoms with Crippen LogP contribution in [0.2, 0.25) is 0 Å². The SMILES string of the molecule is CCn1ccnc1CN1[C@H](c2ccccc2)C[C@H]2NC(=O)CCCC[C@@H]21. The molecule has 0 bridgehead atoms. The van der Waals surface area contributed by atoms with E-state index in [2.05, 4.69) is 63.2 Å². The molecule has 3 atom stereocenters. The Labute approximate surface area is 155 Å². The van der Waals surface area contributed by atoms with Crippen molar-refractivity contribution in [3.05, 3.63) is 54.1 Å². The van der Waals surface area contributed by atoms with Crippen LogP contribution in [0.1, 0.15) is 56.5 Å². The highest BCUT2D eigenvalue weighted by Gasteiger charge is 2.42. The lowest BCUT2D eigenvalue weighted by Gasteiger charge is -2.32. The standard InChI is InChI=1S/C21H28N4O/c1-2-24-13-12-22-20(24)15-25-18-10-6-7-11-21(26)23-17(18)14-19(25)16-8-4-3-5-9-16/h3-5,8-9,12-13,17-19H,2,6-7,10-11,14-15H2,1H3,(H,23,26)/t17-,18+,19+/m1/s1. The Hall–Kier alpha value is -2.14. The van der Waals surface area contributed by atoms with E-state index in [0.29, 0.717) is 18.5 Å². The number of hydrogen-bond acceptors (Lipinski definition) is 3. The van der Waals surface area contributed by atoms with Gasteiger partial charge in [-0.1, -0.05) is 36.8 Å². The van der Waals surface area contributed by atoms with E-state index < -0.39 is 0 Å². The molecule has 3 heterocycles. The van der Waals surface area contributed by atoms with Gasteiger partial charge in [-0.2, -0.15) is 0 Å². The monoisotopic (exact) mass is 352 g/mol. The molecule has 0 saturated carbocycles. The van der Waals surface area contributed by atoms with Gasteiger partial charge in [-0.25, -0.2) is 4.98 Å². The lowest BCUT2D eigenvalue weighted by atomic mass is 9.97. The minimum Gasteiger partial charge on any atom is -0.352 e. The van der Waals surface area contributed by atoms with Crippen molar-refractivity contribution in [3.8, 4) is 0 Å². The number of aromatic nitrogens is 2. The summed E-state index contributed by atoms with van der Waals surface area (Å²) in [7, 11) is 0. The van der Waals surface area contributed by atoms with Crippen molar-refractivity contribution < 1.29 is 4.79 Å². The summed E-state index contributed by atoms with van der Waals surface area (Å²) in [6.45, 7) is 3.92. The molecule has 5 heteroatoms. The Kier molecular flexibility index (Phi) is 5.07. The number of likely N-dealkylation sites (tertiary alicyclic amines) is 1. The largest absolute Gasteiger partial charge is 0.352 e. The molecule has 0 spiro atoms. The minimum absolute atomic E-state index is 0.212. The molecule has 26 heavy (non-hydrogen) atoms. The van der Waals surface area contributed by atoms with Gasteiger partial charge < -0.3 is 9.88 Å². The lowest BCUT2D eigenvalue weighted by molar-refractivity contribution is -0.122. The highest BCUT2D eigenvalue weighted by molar-refractivity contribution is 5.76. The Morgan fingerprint density at radius 3 is 2.88 bits per heavy atom. The summed E-state index contributed by atoms with van der Waals surface area (Å²) in [4.78, 5) is 19.4. The summed E-state index contributed by atoms with van der Waals surface area (Å²) in [6, 6.07) is 11.7. The lowest BCUT2D eigenvalue weighted by Crippen LogP contribution is -2.46. The molecule has 2 aliphatic heterocycles. The number of aryl methyl sites for hydroxylation is 1. The van der Waals surface area contributed by atoms with Crippen LogP contribution in [-0.4, -0.2) is 32.4 Å². The van der Waals surface area contributed by atoms with Gasteiger partial charge in [0.15, 0.2) is 0 Å². The second-order valence-electron chi connectivity index (χ2n) is 7.45. The number of carbonyl (C=O) groups is 1. The van der Waals surface area contributed by atoms with Crippen LogP contribution in [0.25, 0.3) is 0 Å². The summed E-state index contributed by atoms with van der Waals surface area (Å²) < 4.78 is 2.22. The van der Waals surface area contributed by atoms with Gasteiger partial charge in [0.1, 0.15) is 5.82 Å². The van der Waals surface area contributed by atoms with Gasteiger partial charge in [0.05, 0.1) is 6.54 Å². The van der Waals surface area contributed by atoms with E-state index in [9.17, 15) is 4.79 Å². The first-order chi connectivity index (χ1) is 12.8. The minimum atomic E-state index is 0.212. The van der Waals surface area contributed by atoms with Gasteiger partial charge >= 0.3 is 0 Å². The molecule has 0 unspecified atom stereocenters. The van der Waals surface area contributed by atoms with E-state index in [1.807, 2.05) is 6.20 Å². The molecular weight excluding hydrogens is 324 g/mol. The zero-order chi connectivity index (χ0) is 17.9. The fourth-order valence-electron chi connectivity index (χ4n) is 4.61. The second-order valence-corrected chi connectivity index (χ2v) is 7.45. The molecule has 2 saturated heterocycles. The number of nitrogens with one attached hydrogen (secondary N) is 1. The van der Waals surface area contributed by atoms with Crippen LogP contribution in [0, 0.1) is 0 Å². The zero-order valence-electron chi connectivity index (χ0n) is 15.5. The maximum Gasteiger partial charge on any atom is 0.220 e. The molecule has 2 fully saturated rings. The molecule has 2 aliphatic rings. The van der Waals surface area contributed by atoms with E-state index in [4.69, 9.17) is 0 Å². The molecule has 1 aromatic carbocycles. The average Bonchev–Trinajstić information content (AvgIpc) is 3.23. The first kappa shape index (κ1) is 17.3. The topological polar surface area (TPSA) is 50.2 Å². The van der Waals surface area contributed by atoms with Crippen LogP contribution in [0.3, 0.4) is 0 Å². The average molecular weight is 352 g/mol. The number of rotatable bonds is 4. The highest BCUT2D eigenvalue weighted by Crippen LogP contribution is 2.40. The molecule has 1 N–H and O–H groups in total. The van der Waals surface area contributed by atoms with Crippen molar-refractivity contribution >= 4 is 5.91 Å². The summed E-state index contributed by atoms with van der Waals surface area (Å²) in [5.74, 6) is 1.32. The number of carbonyl (C=O) groups excluding carboxylic acids is 1. The number of imidazole rings is 1. The van der Waals surface area contributed by atoms with E-state index in [1.54, 1.807) is 0 Å². The van der Waals surface area contributed by atoms with Crippen molar-refractivity contribution in [2.24, 2.45) is 0 Å². The van der Waals surface area contributed by atoms with Crippen LogP contribution < -0.4 is 5.32 Å². The third-order valence-corrected chi connectivity index (χ3v) is 5.92. The number of benzene rings is 1. The maximum atomic E-state index is 12.2. The van der Waals surface area contributed by atoms with Crippen LogP contribution in [0.15, 0.2) is 42.7 Å². The number of nitrogens with zero attached hydrogens (tertiary/aromatic N) is 3. The predicted molar refractivity (Wildman–Crippen MR) is 101 cm³/mol. The molecule has 0 aliphatic carbocycles. The molecule has 138 valence electrons. The van der Waals surface area contributed by atoms with Gasteiger partial charge in [0, 0.05) is 43.5 Å². The number of fused-ring (bicyclic) bond motifs is 1. The molecule has 0 radical (unpaired) electrons. The van der Waals surface area contributed by atoms with E-state index in [-0.39, 0.29) is 11.9 Å². The number of amides is 1. The van der Waals surface area contributed by atoms with E-state index in [0.717, 1.165) is 44.6 Å². The molecule has 1 amide bonds. The Morgan fingerprint density at radius 1 is 1.23 bits per heavy atom. The van der Waals surface area contributed by atoms with Crippen LogP contribution in [0.5, 0.6) is 0 Å². The van der Waals surface area contributed by atoms with Crippen LogP contribution in [-0.2, 0) is 17.9 Å². The fourth-order valence-corrected chi connectivity index (χ4v) is 4.61. The van der Waals surface area contributed by atoms with Gasteiger partial charge in [0.25, 0.3) is 0 Å². The van der Waals surface area contributed by atoms with Crippen molar-refractivity contribution in [1.29, 1.82) is 0 Å². The van der Waals surface area contributed by atoms with Crippen LogP contribution in [0.4, 0.5) is 0 Å². The zero-order valence-corrected chi connectivity index (χ0v) is 15.5. The van der Waals surface area contributed by atoms with Gasteiger partial charge in [-0.3, -0.25) is 9.69 Å². The maximum absolute atomic E-state index is 12.2. The van der Waals surface area contributed by atoms with Crippen molar-refractivity contribution in [2.45, 2.75) is 70.2 Å². The first-order valence-corrected chi connectivity index (χ1v) is 9.86. The summed E-state index contributed by atoms with van der Waals surface area (Å²) in [5, 5.41) is 3.31. The number of hydrogen-bond donors (Lipinski definition) is 1. The Morgan fingerprint density at radius 2 is 2.08 bits per heavy atom. The third kappa shape index (κ3) is 3.40. The molecule has 2 aromatic rings. The smallest absolute Gasteiger partial charge is 0.220 e. The van der Waals surface area contributed by atoms with Crippen molar-refractivity contribution in [2.75, 3.05) is 0 Å². The molecule has 5 nitrogen and oxygen atoms in total. The third-order valence-electron chi connectivity index (χ3n) is 5.92. The summed E-state index contributed by atoms with van der Waals surface area (Å²) >= 11 is 0. The Balaban J connectivity index is 1.66. The Bertz CT molecular complexity index is 741. The predicted octanol–water partition coefficient (Wildman–Crippen LogP) is 3.28. The van der Waals surface area contributed by atoms with Gasteiger partial charge in [0.2, 0.25) is 5.91 Å². The highest BCUT2D eigenvalue weighted by atomic mass is 16.1. The first-order valence-electron chi connectivity index (χ1n) is 9.86. The summed E-state index contributed by atoms with van der Waals surface area (Å²) in [5.41, 5.74) is 1.34.